The summed E-state index contributed by atoms with van der Waals surface area (Å²) in [4.78, 5) is 0. The molecule has 0 bridgehead atoms. The van der Waals surface area contributed by atoms with Crippen molar-refractivity contribution in [3.05, 3.63) is 22.8 Å². The van der Waals surface area contributed by atoms with Gasteiger partial charge in [0.15, 0.2) is 0 Å². The fraction of sp³-hybridized carbons (Fsp3) is 0.625. The maximum Gasteiger partial charge on any atom is 0.0359 e. The number of hydrogen-bond donors (Lipinski definition) is 1. The smallest absolute Gasteiger partial charge is 0.0359 e. The molecule has 0 saturated heterocycles. The number of allylic oxidation sites excluding steroid dienone is 4. The van der Waals surface area contributed by atoms with Gasteiger partial charge >= 0.3 is 0 Å². The number of rotatable bonds is 4. The molecule has 1 atom stereocenters. The fourth-order valence-electron chi connectivity index (χ4n) is 2.60. The van der Waals surface area contributed by atoms with Crippen molar-refractivity contribution in [2.45, 2.75) is 52.9 Å². The van der Waals surface area contributed by atoms with E-state index in [0.717, 1.165) is 12.2 Å². The lowest BCUT2D eigenvalue weighted by Gasteiger charge is -2.21. The van der Waals surface area contributed by atoms with E-state index < -0.39 is 0 Å². The molecule has 0 fully saturated rings. The predicted molar refractivity (Wildman–Crippen MR) is 80.3 cm³/mol. The molecule has 0 saturated carbocycles. The monoisotopic (exact) mass is 248 g/mol. The van der Waals surface area contributed by atoms with Crippen LogP contribution >= 0.6 is 12.6 Å². The Morgan fingerprint density at radius 3 is 2.76 bits per heavy atom. The second-order valence-electron chi connectivity index (χ2n) is 4.80. The maximum atomic E-state index is 4.37. The van der Waals surface area contributed by atoms with Crippen molar-refractivity contribution in [3.8, 4) is 11.8 Å². The summed E-state index contributed by atoms with van der Waals surface area (Å²) in [7, 11) is 0. The average molecular weight is 248 g/mol. The Hall–Kier alpha value is -0.610. The summed E-state index contributed by atoms with van der Waals surface area (Å²) in [6.07, 6.45) is 8.67. The Morgan fingerprint density at radius 2 is 2.12 bits per heavy atom. The molecule has 0 radical (unpaired) electrons. The molecule has 17 heavy (non-hydrogen) atoms. The van der Waals surface area contributed by atoms with E-state index in [4.69, 9.17) is 0 Å². The van der Waals surface area contributed by atoms with Crippen molar-refractivity contribution in [1.82, 2.24) is 0 Å². The van der Waals surface area contributed by atoms with Gasteiger partial charge in [0.25, 0.3) is 0 Å². The Kier molecular flexibility index (Phi) is 6.52. The molecule has 0 aliphatic heterocycles. The van der Waals surface area contributed by atoms with E-state index in [1.54, 1.807) is 11.1 Å². The Balaban J connectivity index is 2.89. The van der Waals surface area contributed by atoms with Crippen molar-refractivity contribution in [2.75, 3.05) is 5.75 Å². The van der Waals surface area contributed by atoms with E-state index in [1.807, 2.05) is 6.92 Å². The van der Waals surface area contributed by atoms with Crippen molar-refractivity contribution in [3.63, 3.8) is 0 Å². The van der Waals surface area contributed by atoms with Crippen molar-refractivity contribution in [1.29, 1.82) is 0 Å². The number of hydrogen-bond acceptors (Lipinski definition) is 1. The molecule has 0 aromatic heterocycles. The van der Waals surface area contributed by atoms with Crippen LogP contribution < -0.4 is 0 Å². The van der Waals surface area contributed by atoms with Gasteiger partial charge in [0, 0.05) is 5.92 Å². The second kappa shape index (κ2) is 7.67. The summed E-state index contributed by atoms with van der Waals surface area (Å²) in [5.74, 6) is 7.52. The summed E-state index contributed by atoms with van der Waals surface area (Å²) < 4.78 is 0. The first-order chi connectivity index (χ1) is 8.19. The van der Waals surface area contributed by atoms with Crippen LogP contribution in [0.2, 0.25) is 0 Å². The summed E-state index contributed by atoms with van der Waals surface area (Å²) in [5, 5.41) is 0. The molecule has 0 heterocycles. The normalized spacial score (nSPS) is 18.7. The van der Waals surface area contributed by atoms with Crippen LogP contribution in [0.25, 0.3) is 0 Å². The van der Waals surface area contributed by atoms with Crippen molar-refractivity contribution in [2.24, 2.45) is 5.92 Å². The molecule has 94 valence electrons. The molecule has 1 unspecified atom stereocenters. The standard InChI is InChI=1S/C16H24S/c1-4-7-13(2)12-14(3)16-9-6-5-8-15(16)10-11-17/h12-13,17H,5-6,8-11H2,1-3H3/b14-12-. The minimum absolute atomic E-state index is 0.367. The van der Waals surface area contributed by atoms with Gasteiger partial charge in [0.2, 0.25) is 0 Å². The molecule has 0 aromatic rings. The van der Waals surface area contributed by atoms with Gasteiger partial charge < -0.3 is 0 Å². The first-order valence-corrected chi connectivity index (χ1v) is 7.25. The van der Waals surface area contributed by atoms with Crippen LogP contribution in [0.1, 0.15) is 52.9 Å². The number of thiol groups is 1. The summed E-state index contributed by atoms with van der Waals surface area (Å²) in [5.41, 5.74) is 4.67. The van der Waals surface area contributed by atoms with Gasteiger partial charge in [0.1, 0.15) is 0 Å². The Labute approximate surface area is 112 Å². The quantitative estimate of drug-likeness (QED) is 0.537. The van der Waals surface area contributed by atoms with Crippen molar-refractivity contribution >= 4 is 12.6 Å². The highest BCUT2D eigenvalue weighted by molar-refractivity contribution is 7.80. The Morgan fingerprint density at radius 1 is 1.41 bits per heavy atom. The molecular weight excluding hydrogens is 224 g/mol. The molecule has 1 heteroatoms. The predicted octanol–water partition coefficient (Wildman–Crippen LogP) is 4.78. The Bertz CT molecular complexity index is 363. The van der Waals surface area contributed by atoms with E-state index in [0.29, 0.717) is 5.92 Å². The van der Waals surface area contributed by atoms with Crippen LogP contribution in [0.4, 0.5) is 0 Å². The van der Waals surface area contributed by atoms with Crippen LogP contribution in [0.15, 0.2) is 22.8 Å². The van der Waals surface area contributed by atoms with Gasteiger partial charge in [-0.05, 0) is 64.2 Å². The second-order valence-corrected chi connectivity index (χ2v) is 5.24. The van der Waals surface area contributed by atoms with Gasteiger partial charge in [-0.15, -0.1) is 5.92 Å². The van der Waals surface area contributed by atoms with Gasteiger partial charge in [-0.1, -0.05) is 23.1 Å². The van der Waals surface area contributed by atoms with Gasteiger partial charge in [-0.3, -0.25) is 0 Å². The summed E-state index contributed by atoms with van der Waals surface area (Å²) in [6, 6.07) is 0. The first-order valence-electron chi connectivity index (χ1n) is 6.61. The third-order valence-corrected chi connectivity index (χ3v) is 3.57. The zero-order chi connectivity index (χ0) is 12.7. The van der Waals surface area contributed by atoms with Gasteiger partial charge in [-0.2, -0.15) is 12.6 Å². The molecule has 0 aromatic carbocycles. The van der Waals surface area contributed by atoms with Crippen LogP contribution in [-0.2, 0) is 0 Å². The van der Waals surface area contributed by atoms with Crippen LogP contribution in [0.5, 0.6) is 0 Å². The molecule has 1 aliphatic carbocycles. The zero-order valence-corrected chi connectivity index (χ0v) is 12.2. The van der Waals surface area contributed by atoms with Gasteiger partial charge in [-0.25, -0.2) is 0 Å². The molecule has 1 rings (SSSR count). The van der Waals surface area contributed by atoms with Crippen LogP contribution in [0, 0.1) is 17.8 Å². The highest BCUT2D eigenvalue weighted by Gasteiger charge is 2.13. The minimum atomic E-state index is 0.367. The minimum Gasteiger partial charge on any atom is -0.179 e. The lowest BCUT2D eigenvalue weighted by molar-refractivity contribution is 0.660. The highest BCUT2D eigenvalue weighted by atomic mass is 32.1. The molecule has 0 amide bonds. The molecule has 0 N–H and O–H groups in total. The van der Waals surface area contributed by atoms with E-state index >= 15 is 0 Å². The van der Waals surface area contributed by atoms with Gasteiger partial charge in [0.05, 0.1) is 0 Å². The SMILES string of the molecule is CC#CC(C)/C=C(/C)C1=C(CCS)CCCC1. The van der Waals surface area contributed by atoms with Crippen LogP contribution in [0.3, 0.4) is 0 Å². The lowest BCUT2D eigenvalue weighted by atomic mass is 9.85. The molecule has 0 nitrogen and oxygen atoms in total. The largest absolute Gasteiger partial charge is 0.179 e. The zero-order valence-electron chi connectivity index (χ0n) is 11.3. The fourth-order valence-corrected chi connectivity index (χ4v) is 2.87. The summed E-state index contributed by atoms with van der Waals surface area (Å²) in [6.45, 7) is 6.32. The van der Waals surface area contributed by atoms with E-state index in [9.17, 15) is 0 Å². The first kappa shape index (κ1) is 14.5. The lowest BCUT2D eigenvalue weighted by Crippen LogP contribution is -2.03. The molecule has 0 spiro atoms. The van der Waals surface area contributed by atoms with Crippen LogP contribution in [-0.4, -0.2) is 5.75 Å². The third-order valence-electron chi connectivity index (χ3n) is 3.34. The van der Waals surface area contributed by atoms with Crippen molar-refractivity contribution < 1.29 is 0 Å². The topological polar surface area (TPSA) is 0 Å². The highest BCUT2D eigenvalue weighted by Crippen LogP contribution is 2.32. The molecule has 1 aliphatic rings. The molecular formula is C16H24S. The van der Waals surface area contributed by atoms with E-state index in [1.165, 1.54) is 31.3 Å². The average Bonchev–Trinajstić information content (AvgIpc) is 2.30. The van der Waals surface area contributed by atoms with E-state index in [2.05, 4.69) is 44.4 Å². The summed E-state index contributed by atoms with van der Waals surface area (Å²) >= 11 is 4.37. The third kappa shape index (κ3) is 4.64. The maximum absolute atomic E-state index is 4.37. The van der Waals surface area contributed by atoms with E-state index in [-0.39, 0.29) is 0 Å².